The molecule has 0 aliphatic heterocycles. The van der Waals surface area contributed by atoms with E-state index in [2.05, 4.69) is 27.1 Å². The zero-order valence-corrected chi connectivity index (χ0v) is 14.0. The van der Waals surface area contributed by atoms with Crippen LogP contribution in [0.5, 0.6) is 0 Å². The lowest BCUT2D eigenvalue weighted by atomic mass is 10.1. The molecule has 0 spiro atoms. The number of hydrogen-bond acceptors (Lipinski definition) is 3. The third-order valence-electron chi connectivity index (χ3n) is 3.80. The van der Waals surface area contributed by atoms with Crippen LogP contribution in [0.15, 0.2) is 47.4 Å². The van der Waals surface area contributed by atoms with Gasteiger partial charge in [-0.1, -0.05) is 35.7 Å². The van der Waals surface area contributed by atoms with Gasteiger partial charge in [0.1, 0.15) is 16.8 Å². The molecule has 5 nitrogen and oxygen atoms in total. The number of rotatable bonds is 3. The van der Waals surface area contributed by atoms with Gasteiger partial charge in [0, 0.05) is 12.7 Å². The number of carbonyl (C=O) groups is 1. The second kappa shape index (κ2) is 7.02. The van der Waals surface area contributed by atoms with Crippen LogP contribution in [0.25, 0.3) is 11.0 Å². The van der Waals surface area contributed by atoms with Crippen LogP contribution >= 0.6 is 0 Å². The maximum atomic E-state index is 12.6. The van der Waals surface area contributed by atoms with Crippen molar-refractivity contribution in [3.8, 4) is 11.8 Å². The highest BCUT2D eigenvalue weighted by molar-refractivity contribution is 5.96. The zero-order valence-electron chi connectivity index (χ0n) is 14.0. The van der Waals surface area contributed by atoms with Crippen LogP contribution in [0.2, 0.25) is 0 Å². The van der Waals surface area contributed by atoms with Crippen LogP contribution in [0, 0.1) is 18.8 Å². The number of carbonyl (C=O) groups excluding carboxylic acids is 1. The van der Waals surface area contributed by atoms with E-state index in [9.17, 15) is 9.59 Å². The van der Waals surface area contributed by atoms with Crippen LogP contribution in [-0.2, 0) is 6.54 Å². The molecule has 25 heavy (non-hydrogen) atoms. The van der Waals surface area contributed by atoms with Crippen molar-refractivity contribution in [1.82, 2.24) is 15.3 Å². The summed E-state index contributed by atoms with van der Waals surface area (Å²) in [6.45, 7) is 4.05. The average molecular weight is 331 g/mol. The van der Waals surface area contributed by atoms with Crippen molar-refractivity contribution in [1.29, 1.82) is 0 Å². The topological polar surface area (TPSA) is 74.8 Å². The molecule has 0 saturated heterocycles. The Hall–Kier alpha value is -3.39. The van der Waals surface area contributed by atoms with E-state index in [4.69, 9.17) is 0 Å². The lowest BCUT2D eigenvalue weighted by Crippen LogP contribution is -2.28. The lowest BCUT2D eigenvalue weighted by Gasteiger charge is -2.06. The van der Waals surface area contributed by atoms with E-state index in [1.54, 1.807) is 19.1 Å². The summed E-state index contributed by atoms with van der Waals surface area (Å²) >= 11 is 0. The van der Waals surface area contributed by atoms with Gasteiger partial charge < -0.3 is 10.3 Å². The van der Waals surface area contributed by atoms with Crippen molar-refractivity contribution in [2.45, 2.75) is 20.4 Å². The Labute approximate surface area is 145 Å². The Morgan fingerprint density at radius 2 is 1.96 bits per heavy atom. The number of benzene rings is 1. The third kappa shape index (κ3) is 3.59. The highest BCUT2D eigenvalue weighted by atomic mass is 16.2. The monoisotopic (exact) mass is 331 g/mol. The molecule has 0 aliphatic rings. The Morgan fingerprint density at radius 3 is 2.68 bits per heavy atom. The number of fused-ring (bicyclic) bond motifs is 1. The van der Waals surface area contributed by atoms with Gasteiger partial charge in [0.2, 0.25) is 5.43 Å². The number of nitrogens with zero attached hydrogens (tertiary/aromatic N) is 1. The zero-order chi connectivity index (χ0) is 17.8. The molecule has 1 aromatic carbocycles. The molecule has 0 aliphatic carbocycles. The summed E-state index contributed by atoms with van der Waals surface area (Å²) in [6, 6.07) is 11.3. The molecule has 0 radical (unpaired) electrons. The number of hydrogen-bond donors (Lipinski definition) is 2. The van der Waals surface area contributed by atoms with E-state index < -0.39 is 11.3 Å². The first-order valence-electron chi connectivity index (χ1n) is 7.87. The number of amides is 1. The van der Waals surface area contributed by atoms with E-state index in [0.29, 0.717) is 17.8 Å². The van der Waals surface area contributed by atoms with Crippen molar-refractivity contribution in [3.63, 3.8) is 0 Å². The predicted octanol–water partition coefficient (Wildman–Crippen LogP) is 2.53. The first-order chi connectivity index (χ1) is 12.1. The maximum absolute atomic E-state index is 12.6. The van der Waals surface area contributed by atoms with E-state index in [1.807, 2.05) is 31.2 Å². The molecular formula is C20H17N3O2. The minimum atomic E-state index is -0.433. The van der Waals surface area contributed by atoms with Crippen LogP contribution in [-0.4, -0.2) is 15.9 Å². The Balaban J connectivity index is 1.87. The smallest absolute Gasteiger partial charge is 0.257 e. The number of aromatic amines is 1. The average Bonchev–Trinajstić information content (AvgIpc) is 2.62. The second-order valence-electron chi connectivity index (χ2n) is 5.67. The molecule has 0 bridgehead atoms. The summed E-state index contributed by atoms with van der Waals surface area (Å²) in [5, 5.41) is 2.77. The van der Waals surface area contributed by atoms with Gasteiger partial charge in [-0.15, -0.1) is 0 Å². The van der Waals surface area contributed by atoms with E-state index in [1.165, 1.54) is 6.20 Å². The van der Waals surface area contributed by atoms with Gasteiger partial charge in [-0.05, 0) is 37.5 Å². The van der Waals surface area contributed by atoms with Crippen LogP contribution in [0.4, 0.5) is 0 Å². The third-order valence-corrected chi connectivity index (χ3v) is 3.80. The number of aryl methyl sites for hydroxylation is 1. The molecule has 124 valence electrons. The lowest BCUT2D eigenvalue weighted by molar-refractivity contribution is 0.0949. The Bertz CT molecular complexity index is 1050. The molecule has 0 fully saturated rings. The fourth-order valence-electron chi connectivity index (χ4n) is 2.44. The molecule has 5 heteroatoms. The minimum Gasteiger partial charge on any atom is -0.359 e. The SMILES string of the molecule is CC#Cc1ccc2[nH]cc(C(=O)NCc3ccc(C)cc3)c(=O)c2n1. The molecule has 2 aromatic heterocycles. The van der Waals surface area contributed by atoms with Crippen molar-refractivity contribution in [2.75, 3.05) is 0 Å². The molecule has 3 aromatic rings. The van der Waals surface area contributed by atoms with Crippen LogP contribution in [0.1, 0.15) is 34.1 Å². The van der Waals surface area contributed by atoms with Gasteiger partial charge in [0.25, 0.3) is 5.91 Å². The minimum absolute atomic E-state index is 0.0359. The molecular weight excluding hydrogens is 314 g/mol. The molecule has 1 amide bonds. The maximum Gasteiger partial charge on any atom is 0.257 e. The standard InChI is InChI=1S/C20H17N3O2/c1-3-4-15-9-10-17-18(23-15)19(24)16(12-21-17)20(25)22-11-14-7-5-13(2)6-8-14/h5-10,12H,11H2,1-2H3,(H,21,24)(H,22,25). The normalized spacial score (nSPS) is 10.2. The highest BCUT2D eigenvalue weighted by Gasteiger charge is 2.14. The van der Waals surface area contributed by atoms with Crippen LogP contribution < -0.4 is 10.7 Å². The van der Waals surface area contributed by atoms with E-state index in [0.717, 1.165) is 11.1 Å². The number of aromatic nitrogens is 2. The van der Waals surface area contributed by atoms with Gasteiger partial charge in [-0.25, -0.2) is 4.98 Å². The Morgan fingerprint density at radius 1 is 1.20 bits per heavy atom. The van der Waals surface area contributed by atoms with Gasteiger partial charge in [0.15, 0.2) is 0 Å². The molecule has 0 atom stereocenters. The first-order valence-corrected chi connectivity index (χ1v) is 7.87. The number of pyridine rings is 2. The summed E-state index contributed by atoms with van der Waals surface area (Å²) in [6.07, 6.45) is 1.42. The van der Waals surface area contributed by atoms with Gasteiger partial charge in [0.05, 0.1) is 5.52 Å². The van der Waals surface area contributed by atoms with E-state index >= 15 is 0 Å². The quantitative estimate of drug-likeness (QED) is 0.724. The molecule has 0 saturated carbocycles. The molecule has 2 N–H and O–H groups in total. The molecule has 3 rings (SSSR count). The van der Waals surface area contributed by atoms with Gasteiger partial charge in [-0.3, -0.25) is 9.59 Å². The number of nitrogens with one attached hydrogen (secondary N) is 2. The first kappa shape index (κ1) is 16.5. The Kier molecular flexibility index (Phi) is 4.62. The summed E-state index contributed by atoms with van der Waals surface area (Å²) in [5.74, 6) is 5.12. The van der Waals surface area contributed by atoms with E-state index in [-0.39, 0.29) is 11.1 Å². The van der Waals surface area contributed by atoms with Crippen molar-refractivity contribution < 1.29 is 4.79 Å². The largest absolute Gasteiger partial charge is 0.359 e. The predicted molar refractivity (Wildman–Crippen MR) is 97.3 cm³/mol. The van der Waals surface area contributed by atoms with Crippen molar-refractivity contribution in [3.05, 3.63) is 75.2 Å². The summed E-state index contributed by atoms with van der Waals surface area (Å²) in [4.78, 5) is 32.1. The summed E-state index contributed by atoms with van der Waals surface area (Å²) in [7, 11) is 0. The fraction of sp³-hybridized carbons (Fsp3) is 0.150. The van der Waals surface area contributed by atoms with Gasteiger partial charge >= 0.3 is 0 Å². The molecule has 0 unspecified atom stereocenters. The van der Waals surface area contributed by atoms with Crippen molar-refractivity contribution in [2.24, 2.45) is 0 Å². The highest BCUT2D eigenvalue weighted by Crippen LogP contribution is 2.07. The van der Waals surface area contributed by atoms with Crippen molar-refractivity contribution >= 4 is 16.9 Å². The summed E-state index contributed by atoms with van der Waals surface area (Å²) in [5.41, 5.74) is 3.03. The molecule has 2 heterocycles. The number of H-pyrrole nitrogens is 1. The summed E-state index contributed by atoms with van der Waals surface area (Å²) < 4.78 is 0. The van der Waals surface area contributed by atoms with Gasteiger partial charge in [-0.2, -0.15) is 0 Å². The second-order valence-corrected chi connectivity index (χ2v) is 5.67. The van der Waals surface area contributed by atoms with Crippen LogP contribution in [0.3, 0.4) is 0 Å². The fourth-order valence-corrected chi connectivity index (χ4v) is 2.44.